The Kier molecular flexibility index (Phi) is 5.21. The maximum Gasteiger partial charge on any atom is 0.350 e. The van der Waals surface area contributed by atoms with E-state index in [1.54, 1.807) is 17.7 Å². The van der Waals surface area contributed by atoms with Crippen molar-refractivity contribution < 1.29 is 4.74 Å². The van der Waals surface area contributed by atoms with Crippen molar-refractivity contribution in [1.82, 2.24) is 14.6 Å². The number of methoxy groups -OCH3 is 1. The smallest absolute Gasteiger partial charge is 0.350 e. The van der Waals surface area contributed by atoms with Gasteiger partial charge in [-0.1, -0.05) is 0 Å². The molecule has 1 saturated carbocycles. The summed E-state index contributed by atoms with van der Waals surface area (Å²) in [5.41, 5.74) is -0.162. The quantitative estimate of drug-likeness (QED) is 0.666. The molecule has 2 aromatic rings. The highest BCUT2D eigenvalue weighted by molar-refractivity contribution is 5.90. The van der Waals surface area contributed by atoms with E-state index >= 15 is 0 Å². The topological polar surface area (TPSA) is 118 Å². The molecule has 9 heteroatoms. The van der Waals surface area contributed by atoms with E-state index in [1.807, 2.05) is 27.0 Å². The van der Waals surface area contributed by atoms with Gasteiger partial charge in [0, 0.05) is 25.2 Å². The average Bonchev–Trinajstić information content (AvgIpc) is 3.48. The number of nitriles is 1. The Balaban J connectivity index is 1.81. The van der Waals surface area contributed by atoms with Crippen LogP contribution in [0.25, 0.3) is 10.9 Å². The molecule has 4 rings (SSSR count). The van der Waals surface area contributed by atoms with Gasteiger partial charge in [-0.25, -0.2) is 4.79 Å². The Morgan fingerprint density at radius 1 is 1.29 bits per heavy atom. The first-order valence-electron chi connectivity index (χ1n) is 10.7. The Hall–Kier alpha value is -2.99. The van der Waals surface area contributed by atoms with E-state index in [4.69, 9.17) is 10.6 Å². The lowest BCUT2D eigenvalue weighted by atomic mass is 9.78. The molecule has 2 fully saturated rings. The largest absolute Gasteiger partial charge is 0.492 e. The van der Waals surface area contributed by atoms with Gasteiger partial charge in [-0.05, 0) is 58.2 Å². The molecule has 0 radical (unpaired) electrons. The van der Waals surface area contributed by atoms with Crippen molar-refractivity contribution in [2.45, 2.75) is 45.2 Å². The van der Waals surface area contributed by atoms with Crippen LogP contribution >= 0.6 is 0 Å². The summed E-state index contributed by atoms with van der Waals surface area (Å²) in [5.74, 6) is 6.58. The zero-order chi connectivity index (χ0) is 22.5. The molecule has 2 aliphatic rings. The van der Waals surface area contributed by atoms with Crippen LogP contribution in [0, 0.1) is 22.7 Å². The SMILES string of the molecule is CNC(C1CCN(c2ccc3c(=O)n(N)c(=O)n(C4CC4)c3c2OC)C1)C(C)(C)C#N. The van der Waals surface area contributed by atoms with Gasteiger partial charge in [0.25, 0.3) is 5.56 Å². The summed E-state index contributed by atoms with van der Waals surface area (Å²) in [7, 11) is 3.46. The molecule has 3 N–H and O–H groups in total. The third-order valence-corrected chi connectivity index (χ3v) is 6.74. The normalized spacial score (nSPS) is 20.1. The van der Waals surface area contributed by atoms with Crippen LogP contribution in [0.4, 0.5) is 5.69 Å². The van der Waals surface area contributed by atoms with E-state index in [2.05, 4.69) is 16.3 Å². The van der Waals surface area contributed by atoms with E-state index in [1.165, 1.54) is 0 Å². The fourth-order valence-electron chi connectivity index (χ4n) is 5.06. The first-order valence-corrected chi connectivity index (χ1v) is 10.7. The lowest BCUT2D eigenvalue weighted by Crippen LogP contribution is -2.46. The van der Waals surface area contributed by atoms with E-state index in [0.29, 0.717) is 21.3 Å². The molecule has 2 heterocycles. The molecule has 1 aromatic heterocycles. The molecule has 0 spiro atoms. The third kappa shape index (κ3) is 3.35. The van der Waals surface area contributed by atoms with E-state index in [-0.39, 0.29) is 18.0 Å². The second-order valence-electron chi connectivity index (χ2n) is 9.17. The average molecular weight is 427 g/mol. The van der Waals surface area contributed by atoms with Crippen molar-refractivity contribution in [2.75, 3.05) is 38.0 Å². The maximum atomic E-state index is 12.8. The highest BCUT2D eigenvalue weighted by atomic mass is 16.5. The van der Waals surface area contributed by atoms with Gasteiger partial charge < -0.3 is 20.8 Å². The van der Waals surface area contributed by atoms with Gasteiger partial charge in [0.1, 0.15) is 5.52 Å². The van der Waals surface area contributed by atoms with Gasteiger partial charge in [-0.2, -0.15) is 9.94 Å². The summed E-state index contributed by atoms with van der Waals surface area (Å²) in [4.78, 5) is 27.7. The molecule has 0 bridgehead atoms. The summed E-state index contributed by atoms with van der Waals surface area (Å²) in [6, 6.07) is 6.11. The van der Waals surface area contributed by atoms with E-state index < -0.39 is 16.7 Å². The number of ether oxygens (including phenoxy) is 1. The van der Waals surface area contributed by atoms with E-state index in [0.717, 1.165) is 38.0 Å². The Labute approximate surface area is 181 Å². The number of benzene rings is 1. The molecule has 2 unspecified atom stereocenters. The Bertz CT molecular complexity index is 1170. The Morgan fingerprint density at radius 3 is 2.58 bits per heavy atom. The van der Waals surface area contributed by atoms with Crippen molar-refractivity contribution in [1.29, 1.82) is 5.26 Å². The van der Waals surface area contributed by atoms with Crippen LogP contribution < -0.4 is 32.0 Å². The van der Waals surface area contributed by atoms with Crippen molar-refractivity contribution in [3.05, 3.63) is 33.0 Å². The number of nitrogen functional groups attached to an aromatic ring is 1. The van der Waals surface area contributed by atoms with Crippen LogP contribution in [0.2, 0.25) is 0 Å². The fraction of sp³-hybridized carbons (Fsp3) is 0.591. The van der Waals surface area contributed by atoms with Gasteiger partial charge in [-0.3, -0.25) is 9.36 Å². The van der Waals surface area contributed by atoms with Crippen LogP contribution in [-0.2, 0) is 0 Å². The van der Waals surface area contributed by atoms with Gasteiger partial charge in [0.2, 0.25) is 0 Å². The Morgan fingerprint density at radius 2 is 2.00 bits per heavy atom. The summed E-state index contributed by atoms with van der Waals surface area (Å²) in [6.07, 6.45) is 2.68. The van der Waals surface area contributed by atoms with Crippen molar-refractivity contribution in [2.24, 2.45) is 11.3 Å². The molecule has 1 aliphatic carbocycles. The van der Waals surface area contributed by atoms with Crippen LogP contribution in [-0.4, -0.2) is 42.5 Å². The third-order valence-electron chi connectivity index (χ3n) is 6.74. The van der Waals surface area contributed by atoms with Crippen LogP contribution in [0.5, 0.6) is 5.75 Å². The molecule has 2 atom stereocenters. The standard InChI is InChI=1S/C22H30N6O3/c1-22(2,12-23)19(25-3)13-9-10-26(11-13)16-8-7-15-17(18(16)31-4)27(14-5-6-14)21(30)28(24)20(15)29/h7-8,13-14,19,25H,5-6,9-11,24H2,1-4H3. The molecule has 166 valence electrons. The fourth-order valence-corrected chi connectivity index (χ4v) is 5.06. The zero-order valence-corrected chi connectivity index (χ0v) is 18.5. The molecule has 1 aromatic carbocycles. The van der Waals surface area contributed by atoms with Crippen LogP contribution in [0.15, 0.2) is 21.7 Å². The molecule has 1 aliphatic heterocycles. The number of fused-ring (bicyclic) bond motifs is 1. The zero-order valence-electron chi connectivity index (χ0n) is 18.5. The van der Waals surface area contributed by atoms with Crippen molar-refractivity contribution in [3.63, 3.8) is 0 Å². The number of nitrogens with zero attached hydrogens (tertiary/aromatic N) is 4. The number of hydrogen-bond donors (Lipinski definition) is 2. The molecular formula is C22H30N6O3. The lowest BCUT2D eigenvalue weighted by Gasteiger charge is -2.33. The first-order chi connectivity index (χ1) is 14.7. The highest BCUT2D eigenvalue weighted by Gasteiger charge is 2.39. The van der Waals surface area contributed by atoms with Crippen LogP contribution in [0.1, 0.15) is 39.2 Å². The summed E-state index contributed by atoms with van der Waals surface area (Å²) in [5, 5.41) is 13.3. The number of rotatable bonds is 6. The summed E-state index contributed by atoms with van der Waals surface area (Å²) in [6.45, 7) is 5.47. The van der Waals surface area contributed by atoms with Gasteiger partial charge in [0.05, 0.1) is 29.7 Å². The number of aromatic nitrogens is 2. The number of nitrogens with one attached hydrogen (secondary N) is 1. The van der Waals surface area contributed by atoms with Crippen molar-refractivity contribution in [3.8, 4) is 11.8 Å². The number of nitrogens with two attached hydrogens (primary N) is 1. The van der Waals surface area contributed by atoms with Crippen molar-refractivity contribution >= 4 is 16.6 Å². The molecule has 0 amide bonds. The van der Waals surface area contributed by atoms with Gasteiger partial charge in [-0.15, -0.1) is 0 Å². The van der Waals surface area contributed by atoms with E-state index in [9.17, 15) is 14.9 Å². The predicted molar refractivity (Wildman–Crippen MR) is 120 cm³/mol. The molecule has 31 heavy (non-hydrogen) atoms. The summed E-state index contributed by atoms with van der Waals surface area (Å²) < 4.78 is 8.09. The molecular weight excluding hydrogens is 396 g/mol. The minimum absolute atomic E-state index is 0.0333. The summed E-state index contributed by atoms with van der Waals surface area (Å²) >= 11 is 0. The second kappa shape index (κ2) is 7.61. The molecule has 1 saturated heterocycles. The number of hydrogen-bond acceptors (Lipinski definition) is 7. The first kappa shape index (κ1) is 21.2. The minimum atomic E-state index is -0.521. The second-order valence-corrected chi connectivity index (χ2v) is 9.17. The van der Waals surface area contributed by atoms with Gasteiger partial charge in [0.15, 0.2) is 5.75 Å². The van der Waals surface area contributed by atoms with Crippen LogP contribution in [0.3, 0.4) is 0 Å². The maximum absolute atomic E-state index is 12.8. The number of anilines is 1. The monoisotopic (exact) mass is 426 g/mol. The highest BCUT2D eigenvalue weighted by Crippen LogP contribution is 2.42. The predicted octanol–water partition coefficient (Wildman–Crippen LogP) is 1.18. The van der Waals surface area contributed by atoms with Gasteiger partial charge >= 0.3 is 5.69 Å². The molecule has 9 nitrogen and oxygen atoms in total. The minimum Gasteiger partial charge on any atom is -0.492 e. The lowest BCUT2D eigenvalue weighted by molar-refractivity contribution is 0.253.